The van der Waals surface area contributed by atoms with E-state index in [0.717, 1.165) is 10.9 Å². The summed E-state index contributed by atoms with van der Waals surface area (Å²) in [4.78, 5) is 41.7. The van der Waals surface area contributed by atoms with Gasteiger partial charge >= 0.3 is 6.09 Å². The van der Waals surface area contributed by atoms with Crippen molar-refractivity contribution in [1.82, 2.24) is 20.5 Å². The number of aromatic nitrogens is 1. The summed E-state index contributed by atoms with van der Waals surface area (Å²) in [6.45, 7) is 7.60. The molecular weight excluding hydrogens is 408 g/mol. The first kappa shape index (κ1) is 22.0. The summed E-state index contributed by atoms with van der Waals surface area (Å²) in [7, 11) is 0. The lowest BCUT2D eigenvalue weighted by atomic mass is 9.99. The predicted octanol–water partition coefficient (Wildman–Crippen LogP) is 3.07. The fourth-order valence-electron chi connectivity index (χ4n) is 3.49. The lowest BCUT2D eigenvalue weighted by Crippen LogP contribution is -2.61. The van der Waals surface area contributed by atoms with Crippen LogP contribution in [-0.4, -0.2) is 58.6 Å². The lowest BCUT2D eigenvalue weighted by Gasteiger charge is -2.39. The summed E-state index contributed by atoms with van der Waals surface area (Å²) in [6, 6.07) is 6.25. The highest BCUT2D eigenvalue weighted by molar-refractivity contribution is 6.31. The van der Waals surface area contributed by atoms with Crippen LogP contribution in [0.3, 0.4) is 0 Å². The number of nitrogens with zero attached hydrogens (tertiary/aromatic N) is 1. The number of H-pyrrole nitrogens is 1. The van der Waals surface area contributed by atoms with Crippen molar-refractivity contribution in [3.8, 4) is 0 Å². The first-order chi connectivity index (χ1) is 14.0. The number of rotatable bonds is 3. The van der Waals surface area contributed by atoms with Gasteiger partial charge in [-0.05, 0) is 51.5 Å². The van der Waals surface area contributed by atoms with Gasteiger partial charge in [0.2, 0.25) is 5.91 Å². The van der Waals surface area contributed by atoms with Crippen molar-refractivity contribution < 1.29 is 19.1 Å². The van der Waals surface area contributed by atoms with E-state index in [0.29, 0.717) is 30.2 Å². The Balaban J connectivity index is 1.73. The van der Waals surface area contributed by atoms with Crippen LogP contribution in [0.15, 0.2) is 24.3 Å². The Kier molecular flexibility index (Phi) is 6.26. The molecule has 162 valence electrons. The number of aromatic amines is 1. The van der Waals surface area contributed by atoms with Crippen molar-refractivity contribution in [3.63, 3.8) is 0 Å². The van der Waals surface area contributed by atoms with Gasteiger partial charge in [0.1, 0.15) is 11.3 Å². The fourth-order valence-corrected chi connectivity index (χ4v) is 3.67. The van der Waals surface area contributed by atoms with E-state index >= 15 is 0 Å². The minimum atomic E-state index is -0.649. The average molecular weight is 435 g/mol. The number of hydrogen-bond acceptors (Lipinski definition) is 4. The molecule has 9 heteroatoms. The van der Waals surface area contributed by atoms with Gasteiger partial charge in [-0.25, -0.2) is 4.79 Å². The first-order valence-electron chi connectivity index (χ1n) is 9.86. The molecule has 2 atom stereocenters. The van der Waals surface area contributed by atoms with Crippen LogP contribution in [0, 0.1) is 0 Å². The molecule has 0 spiro atoms. The maximum absolute atomic E-state index is 12.8. The zero-order valence-electron chi connectivity index (χ0n) is 17.5. The zero-order chi connectivity index (χ0) is 22.1. The molecule has 1 saturated heterocycles. The number of likely N-dealkylation sites (tertiary alicyclic amines) is 1. The van der Waals surface area contributed by atoms with E-state index in [9.17, 15) is 14.4 Å². The number of carbonyl (C=O) groups excluding carboxylic acids is 3. The molecule has 0 aliphatic carbocycles. The maximum atomic E-state index is 12.8. The van der Waals surface area contributed by atoms with Crippen molar-refractivity contribution in [1.29, 1.82) is 0 Å². The van der Waals surface area contributed by atoms with Gasteiger partial charge in [-0.2, -0.15) is 0 Å². The highest BCUT2D eigenvalue weighted by Gasteiger charge is 2.34. The Morgan fingerprint density at radius 2 is 1.90 bits per heavy atom. The van der Waals surface area contributed by atoms with E-state index in [1.165, 1.54) is 6.92 Å². The minimum absolute atomic E-state index is 0.0803. The number of alkyl carbamates (subject to hydrolysis) is 1. The van der Waals surface area contributed by atoms with Gasteiger partial charge in [0, 0.05) is 35.9 Å². The third kappa shape index (κ3) is 5.44. The summed E-state index contributed by atoms with van der Waals surface area (Å²) >= 11 is 6.02. The highest BCUT2D eigenvalue weighted by Crippen LogP contribution is 2.21. The normalized spacial score (nSPS) is 19.4. The molecule has 1 aromatic heterocycles. The Bertz CT molecular complexity index is 966. The number of benzene rings is 1. The summed E-state index contributed by atoms with van der Waals surface area (Å²) in [5, 5.41) is 7.21. The Labute approximate surface area is 180 Å². The van der Waals surface area contributed by atoms with Gasteiger partial charge in [0.25, 0.3) is 5.91 Å². The topological polar surface area (TPSA) is 104 Å². The number of nitrogens with one attached hydrogen (secondary N) is 3. The van der Waals surface area contributed by atoms with Gasteiger partial charge in [-0.15, -0.1) is 0 Å². The van der Waals surface area contributed by atoms with Crippen LogP contribution >= 0.6 is 11.6 Å². The second-order valence-corrected chi connectivity index (χ2v) is 8.94. The van der Waals surface area contributed by atoms with E-state index in [1.807, 2.05) is 6.07 Å². The van der Waals surface area contributed by atoms with Crippen LogP contribution in [0.1, 0.15) is 44.6 Å². The molecule has 0 saturated carbocycles. The van der Waals surface area contributed by atoms with Crippen molar-refractivity contribution >= 4 is 40.4 Å². The summed E-state index contributed by atoms with van der Waals surface area (Å²) in [6.07, 6.45) is -0.0740. The molecule has 2 heterocycles. The molecule has 1 aliphatic rings. The molecule has 2 unspecified atom stereocenters. The van der Waals surface area contributed by atoms with Crippen molar-refractivity contribution in [2.45, 2.75) is 51.8 Å². The van der Waals surface area contributed by atoms with Crippen LogP contribution in [0.4, 0.5) is 4.79 Å². The van der Waals surface area contributed by atoms with Crippen LogP contribution in [0.2, 0.25) is 5.02 Å². The zero-order valence-corrected chi connectivity index (χ0v) is 18.3. The molecule has 3 amide bonds. The molecule has 2 aromatic rings. The third-order valence-electron chi connectivity index (χ3n) is 4.90. The Morgan fingerprint density at radius 1 is 1.17 bits per heavy atom. The van der Waals surface area contributed by atoms with Crippen molar-refractivity contribution in [2.24, 2.45) is 0 Å². The van der Waals surface area contributed by atoms with Gasteiger partial charge in [-0.1, -0.05) is 11.6 Å². The Morgan fingerprint density at radius 3 is 2.57 bits per heavy atom. The molecule has 1 aromatic carbocycles. The number of piperidine rings is 1. The van der Waals surface area contributed by atoms with Gasteiger partial charge < -0.3 is 25.3 Å². The van der Waals surface area contributed by atoms with Gasteiger partial charge in [0.05, 0.1) is 12.1 Å². The van der Waals surface area contributed by atoms with E-state index in [1.54, 1.807) is 43.9 Å². The second kappa shape index (κ2) is 8.55. The van der Waals surface area contributed by atoms with Gasteiger partial charge in [-0.3, -0.25) is 9.59 Å². The molecule has 1 fully saturated rings. The molecule has 30 heavy (non-hydrogen) atoms. The highest BCUT2D eigenvalue weighted by atomic mass is 35.5. The molecule has 3 N–H and O–H groups in total. The van der Waals surface area contributed by atoms with E-state index < -0.39 is 17.7 Å². The van der Waals surface area contributed by atoms with Crippen LogP contribution < -0.4 is 10.6 Å². The summed E-state index contributed by atoms with van der Waals surface area (Å²) < 4.78 is 5.34. The number of hydrogen-bond donors (Lipinski definition) is 3. The number of carbonyl (C=O) groups is 3. The van der Waals surface area contributed by atoms with E-state index in [2.05, 4.69) is 15.6 Å². The fraction of sp³-hybridized carbons (Fsp3) is 0.476. The SMILES string of the molecule is CC(=O)N1CCC(NC(=O)c2cc3cc(Cl)ccc3[nH]2)C(NC(=O)OC(C)(C)C)C1. The average Bonchev–Trinajstić information content (AvgIpc) is 3.04. The summed E-state index contributed by atoms with van der Waals surface area (Å²) in [5.74, 6) is -0.372. The molecule has 8 nitrogen and oxygen atoms in total. The third-order valence-corrected chi connectivity index (χ3v) is 5.14. The lowest BCUT2D eigenvalue weighted by molar-refractivity contribution is -0.130. The molecule has 0 radical (unpaired) electrons. The first-order valence-corrected chi connectivity index (χ1v) is 10.2. The van der Waals surface area contributed by atoms with Crippen molar-refractivity contribution in [3.05, 3.63) is 35.0 Å². The number of halogens is 1. The number of ether oxygens (including phenoxy) is 1. The van der Waals surface area contributed by atoms with E-state index in [4.69, 9.17) is 16.3 Å². The van der Waals surface area contributed by atoms with Crippen LogP contribution in [-0.2, 0) is 9.53 Å². The molecular formula is C21H27ClN4O4. The van der Waals surface area contributed by atoms with Crippen molar-refractivity contribution in [2.75, 3.05) is 13.1 Å². The van der Waals surface area contributed by atoms with E-state index in [-0.39, 0.29) is 17.9 Å². The number of amides is 3. The second-order valence-electron chi connectivity index (χ2n) is 8.50. The van der Waals surface area contributed by atoms with Gasteiger partial charge in [0.15, 0.2) is 0 Å². The monoisotopic (exact) mass is 434 g/mol. The molecule has 0 bridgehead atoms. The summed E-state index contributed by atoms with van der Waals surface area (Å²) in [5.41, 5.74) is 0.556. The Hall–Kier alpha value is -2.74. The minimum Gasteiger partial charge on any atom is -0.444 e. The molecule has 1 aliphatic heterocycles. The largest absolute Gasteiger partial charge is 0.444 e. The smallest absolute Gasteiger partial charge is 0.408 e. The van der Waals surface area contributed by atoms with Crippen LogP contribution in [0.25, 0.3) is 10.9 Å². The standard InChI is InChI=1S/C21H27ClN4O4/c1-12(27)26-8-7-16(18(11-26)25-20(29)30-21(2,3)4)24-19(28)17-10-13-9-14(22)5-6-15(13)23-17/h5-6,9-10,16,18,23H,7-8,11H2,1-4H3,(H,24,28)(H,25,29). The predicted molar refractivity (Wildman–Crippen MR) is 115 cm³/mol. The molecule has 3 rings (SSSR count). The maximum Gasteiger partial charge on any atom is 0.408 e. The quantitative estimate of drug-likeness (QED) is 0.690. The number of fused-ring (bicyclic) bond motifs is 1. The van der Waals surface area contributed by atoms with Crippen LogP contribution in [0.5, 0.6) is 0 Å².